The van der Waals surface area contributed by atoms with Crippen LogP contribution in [0.1, 0.15) is 88.4 Å². The average molecular weight is 347 g/mol. The zero-order valence-electron chi connectivity index (χ0n) is 15.6. The fourth-order valence-corrected chi connectivity index (χ4v) is 3.55. The van der Waals surface area contributed by atoms with E-state index >= 15 is 0 Å². The van der Waals surface area contributed by atoms with Gasteiger partial charge in [0.1, 0.15) is 0 Å². The number of allylic oxidation sites excluding steroid dienone is 1. The average Bonchev–Trinajstić information content (AvgIpc) is 2.62. The summed E-state index contributed by atoms with van der Waals surface area (Å²) in [5.41, 5.74) is 2.37. The number of hydrogen-bond donors (Lipinski definition) is 0. The lowest BCUT2D eigenvalue weighted by molar-refractivity contribution is 0.108. The standard InChI is InChI=1S/C22H34OS/c1-3-5-7-10-14-20(15-11-8-6-4-2)18-19-24-22(23)21-16-12-9-13-17-21/h9,12-13,16-18H,3-8,10-11,14-15,19H2,1-2H3. The molecule has 0 aliphatic heterocycles. The van der Waals surface area contributed by atoms with Crippen LogP contribution in [0.15, 0.2) is 42.0 Å². The quantitative estimate of drug-likeness (QED) is 0.273. The Balaban J connectivity index is 2.41. The molecule has 1 aromatic rings. The Morgan fingerprint density at radius 3 is 2.00 bits per heavy atom. The first-order valence-corrected chi connectivity index (χ1v) is 10.7. The minimum absolute atomic E-state index is 0.183. The third-order valence-electron chi connectivity index (χ3n) is 4.30. The summed E-state index contributed by atoms with van der Waals surface area (Å²) in [6, 6.07) is 9.60. The van der Waals surface area contributed by atoms with E-state index < -0.39 is 0 Å². The molecule has 0 radical (unpaired) electrons. The number of carbonyl (C=O) groups is 1. The van der Waals surface area contributed by atoms with E-state index in [9.17, 15) is 4.79 Å². The third kappa shape index (κ3) is 9.97. The summed E-state index contributed by atoms with van der Waals surface area (Å²) in [7, 11) is 0. The molecule has 0 unspecified atom stereocenters. The number of hydrogen-bond acceptors (Lipinski definition) is 2. The second-order valence-corrected chi connectivity index (χ2v) is 7.44. The molecule has 2 heteroatoms. The number of carbonyl (C=O) groups excluding carboxylic acids is 1. The van der Waals surface area contributed by atoms with E-state index in [1.165, 1.54) is 76.0 Å². The summed E-state index contributed by atoms with van der Waals surface area (Å²) in [4.78, 5) is 12.2. The zero-order chi connectivity index (χ0) is 17.5. The Labute approximate surface area is 153 Å². The normalized spacial score (nSPS) is 10.6. The Morgan fingerprint density at radius 1 is 0.875 bits per heavy atom. The first kappa shape index (κ1) is 21.0. The molecule has 0 spiro atoms. The van der Waals surface area contributed by atoms with Gasteiger partial charge >= 0.3 is 0 Å². The van der Waals surface area contributed by atoms with E-state index in [1.54, 1.807) is 5.57 Å². The van der Waals surface area contributed by atoms with Gasteiger partial charge in [0.15, 0.2) is 0 Å². The SMILES string of the molecule is CCCCCCC(=CCSC(=O)c1ccccc1)CCCCCC. The minimum atomic E-state index is 0.183. The molecular weight excluding hydrogens is 312 g/mol. The molecule has 0 heterocycles. The van der Waals surface area contributed by atoms with Gasteiger partial charge in [-0.05, 0) is 25.7 Å². The second-order valence-electron chi connectivity index (χ2n) is 6.45. The van der Waals surface area contributed by atoms with Gasteiger partial charge in [0.25, 0.3) is 0 Å². The molecule has 0 N–H and O–H groups in total. The molecule has 0 amide bonds. The van der Waals surface area contributed by atoms with Crippen molar-refractivity contribution in [2.24, 2.45) is 0 Å². The second kappa shape index (κ2) is 14.3. The van der Waals surface area contributed by atoms with Crippen molar-refractivity contribution in [3.8, 4) is 0 Å². The van der Waals surface area contributed by atoms with Crippen LogP contribution in [0.5, 0.6) is 0 Å². The van der Waals surface area contributed by atoms with Crippen molar-refractivity contribution < 1.29 is 4.79 Å². The molecule has 0 bridgehead atoms. The topological polar surface area (TPSA) is 17.1 Å². The van der Waals surface area contributed by atoms with Crippen LogP contribution in [0.3, 0.4) is 0 Å². The highest BCUT2D eigenvalue weighted by atomic mass is 32.2. The first-order valence-electron chi connectivity index (χ1n) is 9.68. The summed E-state index contributed by atoms with van der Waals surface area (Å²) >= 11 is 1.43. The molecule has 1 nitrogen and oxygen atoms in total. The Hall–Kier alpha value is -1.02. The number of benzene rings is 1. The third-order valence-corrected chi connectivity index (χ3v) is 5.13. The van der Waals surface area contributed by atoms with Crippen LogP contribution in [-0.4, -0.2) is 10.9 Å². The largest absolute Gasteiger partial charge is 0.282 e. The van der Waals surface area contributed by atoms with Crippen LogP contribution in [0.2, 0.25) is 0 Å². The highest BCUT2D eigenvalue weighted by molar-refractivity contribution is 8.14. The van der Waals surface area contributed by atoms with Crippen molar-refractivity contribution in [1.29, 1.82) is 0 Å². The van der Waals surface area contributed by atoms with Gasteiger partial charge in [0.2, 0.25) is 5.12 Å². The molecule has 0 aliphatic carbocycles. The Kier molecular flexibility index (Phi) is 12.6. The van der Waals surface area contributed by atoms with Crippen molar-refractivity contribution in [2.75, 3.05) is 5.75 Å². The van der Waals surface area contributed by atoms with E-state index in [-0.39, 0.29) is 5.12 Å². The molecule has 24 heavy (non-hydrogen) atoms. The van der Waals surface area contributed by atoms with Crippen LogP contribution in [0.25, 0.3) is 0 Å². The van der Waals surface area contributed by atoms with Crippen molar-refractivity contribution in [1.82, 2.24) is 0 Å². The Bertz CT molecular complexity index is 450. The first-order chi connectivity index (χ1) is 11.8. The van der Waals surface area contributed by atoms with Crippen molar-refractivity contribution in [2.45, 2.75) is 78.1 Å². The van der Waals surface area contributed by atoms with Crippen LogP contribution in [0.4, 0.5) is 0 Å². The van der Waals surface area contributed by atoms with Gasteiger partial charge in [-0.25, -0.2) is 0 Å². The van der Waals surface area contributed by atoms with Gasteiger partial charge in [0.05, 0.1) is 0 Å². The van der Waals surface area contributed by atoms with Crippen molar-refractivity contribution >= 4 is 16.9 Å². The summed E-state index contributed by atoms with van der Waals surface area (Å²) < 4.78 is 0. The van der Waals surface area contributed by atoms with Gasteiger partial charge in [-0.2, -0.15) is 0 Å². The van der Waals surface area contributed by atoms with Crippen molar-refractivity contribution in [3.05, 3.63) is 47.5 Å². The predicted octanol–water partition coefficient (Wildman–Crippen LogP) is 7.43. The maximum atomic E-state index is 12.2. The van der Waals surface area contributed by atoms with Crippen LogP contribution in [-0.2, 0) is 0 Å². The zero-order valence-corrected chi connectivity index (χ0v) is 16.4. The lowest BCUT2D eigenvalue weighted by atomic mass is 10.0. The number of rotatable bonds is 13. The van der Waals surface area contributed by atoms with Gasteiger partial charge < -0.3 is 0 Å². The highest BCUT2D eigenvalue weighted by Crippen LogP contribution is 2.20. The lowest BCUT2D eigenvalue weighted by Gasteiger charge is -2.08. The fourth-order valence-electron chi connectivity index (χ4n) is 2.78. The van der Waals surface area contributed by atoms with Crippen LogP contribution in [0, 0.1) is 0 Å². The van der Waals surface area contributed by atoms with E-state index in [0.29, 0.717) is 0 Å². The molecule has 0 aromatic heterocycles. The van der Waals surface area contributed by atoms with Gasteiger partial charge in [0, 0.05) is 11.3 Å². The molecular formula is C22H34OS. The van der Waals surface area contributed by atoms with E-state index in [1.807, 2.05) is 30.3 Å². The fraction of sp³-hybridized carbons (Fsp3) is 0.591. The van der Waals surface area contributed by atoms with E-state index in [0.717, 1.165) is 11.3 Å². The number of unbranched alkanes of at least 4 members (excludes halogenated alkanes) is 6. The van der Waals surface area contributed by atoms with Gasteiger partial charge in [-0.1, -0.05) is 106 Å². The van der Waals surface area contributed by atoms with Gasteiger partial charge in [-0.15, -0.1) is 0 Å². The molecule has 134 valence electrons. The van der Waals surface area contributed by atoms with Gasteiger partial charge in [-0.3, -0.25) is 4.79 Å². The molecule has 0 atom stereocenters. The predicted molar refractivity (Wildman–Crippen MR) is 109 cm³/mol. The monoisotopic (exact) mass is 346 g/mol. The van der Waals surface area contributed by atoms with Crippen LogP contribution >= 0.6 is 11.8 Å². The molecule has 0 fully saturated rings. The van der Waals surface area contributed by atoms with Crippen LogP contribution < -0.4 is 0 Å². The maximum absolute atomic E-state index is 12.2. The van der Waals surface area contributed by atoms with Crippen molar-refractivity contribution in [3.63, 3.8) is 0 Å². The molecule has 0 aliphatic rings. The Morgan fingerprint density at radius 2 is 1.46 bits per heavy atom. The van der Waals surface area contributed by atoms with E-state index in [4.69, 9.17) is 0 Å². The smallest absolute Gasteiger partial charge is 0.219 e. The minimum Gasteiger partial charge on any atom is -0.282 e. The van der Waals surface area contributed by atoms with E-state index in [2.05, 4.69) is 19.9 Å². The number of thioether (sulfide) groups is 1. The molecule has 1 rings (SSSR count). The molecule has 0 saturated carbocycles. The molecule has 0 saturated heterocycles. The summed E-state index contributed by atoms with van der Waals surface area (Å²) in [5, 5.41) is 0.183. The maximum Gasteiger partial charge on any atom is 0.219 e. The summed E-state index contributed by atoms with van der Waals surface area (Å²) in [6.07, 6.45) is 15.3. The summed E-state index contributed by atoms with van der Waals surface area (Å²) in [6.45, 7) is 4.51. The molecule has 1 aromatic carbocycles. The summed E-state index contributed by atoms with van der Waals surface area (Å²) in [5.74, 6) is 0.810. The highest BCUT2D eigenvalue weighted by Gasteiger charge is 2.05. The lowest BCUT2D eigenvalue weighted by Crippen LogP contribution is -1.94.